The second kappa shape index (κ2) is 6.33. The van der Waals surface area contributed by atoms with Gasteiger partial charge in [-0.2, -0.15) is 5.26 Å². The zero-order valence-electron chi connectivity index (χ0n) is 8.06. The van der Waals surface area contributed by atoms with E-state index in [1.165, 1.54) is 0 Å². The van der Waals surface area contributed by atoms with Crippen LogP contribution in [0.1, 0.15) is 19.4 Å². The molecule has 0 atom stereocenters. The minimum Gasteiger partial charge on any atom is -0.293 e. The average molecular weight is 197 g/mol. The molecular weight excluding hydrogens is 184 g/mol. The lowest BCUT2D eigenvalue weighted by atomic mass is 10.2. The van der Waals surface area contributed by atoms with Gasteiger partial charge in [0, 0.05) is 10.7 Å². The van der Waals surface area contributed by atoms with Crippen LogP contribution in [0.15, 0.2) is 18.2 Å². The van der Waals surface area contributed by atoms with E-state index in [4.69, 9.17) is 16.9 Å². The minimum atomic E-state index is 0.716. The van der Waals surface area contributed by atoms with Crippen molar-refractivity contribution in [2.75, 3.05) is 5.32 Å². The molecule has 0 aliphatic heterocycles. The summed E-state index contributed by atoms with van der Waals surface area (Å²) in [6, 6.07) is 5.35. The summed E-state index contributed by atoms with van der Waals surface area (Å²) in [5.74, 6) is 0. The second-order valence-electron chi connectivity index (χ2n) is 2.20. The average Bonchev–Trinajstić information content (AvgIpc) is 2.15. The van der Waals surface area contributed by atoms with Crippen molar-refractivity contribution in [1.82, 2.24) is 0 Å². The summed E-state index contributed by atoms with van der Waals surface area (Å²) >= 11 is 5.77. The maximum Gasteiger partial charge on any atom is 0.181 e. The third-order valence-electron chi connectivity index (χ3n) is 1.36. The fraction of sp³-hybridized carbons (Fsp3) is 0.300. The predicted octanol–water partition coefficient (Wildman–Crippen LogP) is 3.57. The van der Waals surface area contributed by atoms with Gasteiger partial charge >= 0.3 is 0 Å². The maximum atomic E-state index is 8.29. The molecule has 0 radical (unpaired) electrons. The van der Waals surface area contributed by atoms with Gasteiger partial charge in [-0.15, -0.1) is 0 Å². The first-order chi connectivity index (χ1) is 6.24. The van der Waals surface area contributed by atoms with E-state index in [2.05, 4.69) is 5.32 Å². The highest BCUT2D eigenvalue weighted by molar-refractivity contribution is 6.31. The first-order valence-electron chi connectivity index (χ1n) is 4.15. The van der Waals surface area contributed by atoms with E-state index in [0.29, 0.717) is 5.02 Å². The van der Waals surface area contributed by atoms with Crippen LogP contribution in [0.4, 0.5) is 5.69 Å². The van der Waals surface area contributed by atoms with E-state index < -0.39 is 0 Å². The van der Waals surface area contributed by atoms with Crippen molar-refractivity contribution in [1.29, 1.82) is 5.26 Å². The van der Waals surface area contributed by atoms with E-state index in [1.807, 2.05) is 33.0 Å². The van der Waals surface area contributed by atoms with Crippen molar-refractivity contribution >= 4 is 17.3 Å². The number of nitrogens with one attached hydrogen (secondary N) is 1. The highest BCUT2D eigenvalue weighted by Gasteiger charge is 1.95. The zero-order valence-corrected chi connectivity index (χ0v) is 8.81. The lowest BCUT2D eigenvalue weighted by Crippen LogP contribution is -1.87. The normalized spacial score (nSPS) is 7.92. The molecule has 13 heavy (non-hydrogen) atoms. The SMILES string of the molecule is CC.Cc1cc(NC#N)ccc1Cl. The highest BCUT2D eigenvalue weighted by atomic mass is 35.5. The minimum absolute atomic E-state index is 0.716. The van der Waals surface area contributed by atoms with Crippen molar-refractivity contribution in [3.8, 4) is 6.19 Å². The largest absolute Gasteiger partial charge is 0.293 e. The standard InChI is InChI=1S/C8H7ClN2.C2H6/c1-6-4-7(11-5-10)2-3-8(6)9;1-2/h2-4,11H,1H3;1-2H3. The number of hydrogen-bond acceptors (Lipinski definition) is 2. The highest BCUT2D eigenvalue weighted by Crippen LogP contribution is 2.18. The van der Waals surface area contributed by atoms with Gasteiger partial charge in [-0.3, -0.25) is 5.32 Å². The third-order valence-corrected chi connectivity index (χ3v) is 1.78. The van der Waals surface area contributed by atoms with Gasteiger partial charge in [0.05, 0.1) is 0 Å². The molecule has 0 saturated heterocycles. The molecule has 0 spiro atoms. The maximum absolute atomic E-state index is 8.29. The van der Waals surface area contributed by atoms with Crippen molar-refractivity contribution in [3.63, 3.8) is 0 Å². The van der Waals surface area contributed by atoms with Crippen LogP contribution < -0.4 is 5.32 Å². The molecule has 0 aliphatic rings. The van der Waals surface area contributed by atoms with Crippen molar-refractivity contribution in [3.05, 3.63) is 28.8 Å². The Morgan fingerprint density at radius 2 is 2.00 bits per heavy atom. The van der Waals surface area contributed by atoms with Crippen LogP contribution >= 0.6 is 11.6 Å². The predicted molar refractivity (Wildman–Crippen MR) is 56.8 cm³/mol. The molecule has 0 amide bonds. The summed E-state index contributed by atoms with van der Waals surface area (Å²) in [4.78, 5) is 0. The molecule has 0 unspecified atom stereocenters. The molecule has 2 nitrogen and oxygen atoms in total. The summed E-state index contributed by atoms with van der Waals surface area (Å²) in [6.07, 6.45) is 1.84. The summed E-state index contributed by atoms with van der Waals surface area (Å²) < 4.78 is 0. The molecule has 3 heteroatoms. The number of anilines is 1. The first kappa shape index (κ1) is 11.8. The third kappa shape index (κ3) is 3.82. The summed E-state index contributed by atoms with van der Waals surface area (Å²) in [5, 5.41) is 11.5. The quantitative estimate of drug-likeness (QED) is 0.551. The molecule has 70 valence electrons. The molecule has 1 aromatic carbocycles. The molecular formula is C10H13ClN2. The Morgan fingerprint density at radius 3 is 2.46 bits per heavy atom. The number of halogens is 1. The number of nitriles is 1. The number of rotatable bonds is 1. The van der Waals surface area contributed by atoms with Crippen molar-refractivity contribution in [2.45, 2.75) is 20.8 Å². The summed E-state index contributed by atoms with van der Waals surface area (Å²) in [7, 11) is 0. The summed E-state index contributed by atoms with van der Waals surface area (Å²) in [5.41, 5.74) is 1.74. The first-order valence-corrected chi connectivity index (χ1v) is 4.53. The van der Waals surface area contributed by atoms with Gasteiger partial charge in [0.1, 0.15) is 0 Å². The van der Waals surface area contributed by atoms with E-state index in [1.54, 1.807) is 12.1 Å². The Labute approximate surface area is 84.1 Å². The Morgan fingerprint density at radius 1 is 1.38 bits per heavy atom. The van der Waals surface area contributed by atoms with Crippen molar-refractivity contribution < 1.29 is 0 Å². The fourth-order valence-corrected chi connectivity index (χ4v) is 0.905. The van der Waals surface area contributed by atoms with Crippen LogP contribution in [-0.2, 0) is 0 Å². The van der Waals surface area contributed by atoms with Crippen LogP contribution in [0.3, 0.4) is 0 Å². The summed E-state index contributed by atoms with van der Waals surface area (Å²) in [6.45, 7) is 5.89. The molecule has 0 bridgehead atoms. The number of aryl methyl sites for hydroxylation is 1. The Balaban J connectivity index is 0.000000671. The molecule has 0 aliphatic carbocycles. The zero-order chi connectivity index (χ0) is 10.3. The number of benzene rings is 1. The van der Waals surface area contributed by atoms with Gasteiger partial charge in [-0.05, 0) is 30.7 Å². The smallest absolute Gasteiger partial charge is 0.181 e. The van der Waals surface area contributed by atoms with E-state index in [0.717, 1.165) is 11.3 Å². The molecule has 0 fully saturated rings. The topological polar surface area (TPSA) is 35.8 Å². The monoisotopic (exact) mass is 196 g/mol. The van der Waals surface area contributed by atoms with Crippen LogP contribution in [0.2, 0.25) is 5.02 Å². The van der Waals surface area contributed by atoms with E-state index in [-0.39, 0.29) is 0 Å². The van der Waals surface area contributed by atoms with Crippen LogP contribution in [0.5, 0.6) is 0 Å². The molecule has 1 rings (SSSR count). The molecule has 1 N–H and O–H groups in total. The second-order valence-corrected chi connectivity index (χ2v) is 2.61. The Hall–Kier alpha value is -1.20. The van der Waals surface area contributed by atoms with E-state index in [9.17, 15) is 0 Å². The number of nitrogens with zero attached hydrogens (tertiary/aromatic N) is 1. The van der Waals surface area contributed by atoms with Gasteiger partial charge in [-0.25, -0.2) is 0 Å². The van der Waals surface area contributed by atoms with Crippen LogP contribution in [-0.4, -0.2) is 0 Å². The molecule has 0 heterocycles. The van der Waals surface area contributed by atoms with Gasteiger partial charge in [0.15, 0.2) is 6.19 Å². The van der Waals surface area contributed by atoms with Crippen LogP contribution in [0.25, 0.3) is 0 Å². The molecule has 0 aromatic heterocycles. The van der Waals surface area contributed by atoms with Gasteiger partial charge in [0.25, 0.3) is 0 Å². The Bertz CT molecular complexity index is 302. The van der Waals surface area contributed by atoms with Gasteiger partial charge in [0.2, 0.25) is 0 Å². The lowest BCUT2D eigenvalue weighted by Gasteiger charge is -1.99. The van der Waals surface area contributed by atoms with Crippen LogP contribution in [0, 0.1) is 18.4 Å². The van der Waals surface area contributed by atoms with E-state index >= 15 is 0 Å². The van der Waals surface area contributed by atoms with Gasteiger partial charge in [-0.1, -0.05) is 25.4 Å². The lowest BCUT2D eigenvalue weighted by molar-refractivity contribution is 1.43. The molecule has 0 saturated carbocycles. The number of hydrogen-bond donors (Lipinski definition) is 1. The van der Waals surface area contributed by atoms with Crippen molar-refractivity contribution in [2.24, 2.45) is 0 Å². The molecule has 1 aromatic rings. The fourth-order valence-electron chi connectivity index (χ4n) is 0.787. The Kier molecular flexibility index (Phi) is 5.75. The van der Waals surface area contributed by atoms with Gasteiger partial charge < -0.3 is 0 Å².